The fourth-order valence-corrected chi connectivity index (χ4v) is 6.61. The molecule has 2 heterocycles. The molecule has 0 amide bonds. The molecule has 30 heavy (non-hydrogen) atoms. The Labute approximate surface area is 186 Å². The molecule has 0 radical (unpaired) electrons. The lowest BCUT2D eigenvalue weighted by Gasteiger charge is -2.33. The summed E-state index contributed by atoms with van der Waals surface area (Å²) in [5.41, 5.74) is 4.06. The van der Waals surface area contributed by atoms with Gasteiger partial charge in [0, 0.05) is 41.8 Å². The van der Waals surface area contributed by atoms with Crippen molar-refractivity contribution in [3.63, 3.8) is 0 Å². The van der Waals surface area contributed by atoms with Gasteiger partial charge in [0.15, 0.2) is 0 Å². The first kappa shape index (κ1) is 22.0. The first-order chi connectivity index (χ1) is 14.4. The van der Waals surface area contributed by atoms with E-state index in [0.717, 1.165) is 25.3 Å². The van der Waals surface area contributed by atoms with Crippen molar-refractivity contribution in [2.75, 3.05) is 31.6 Å². The molecule has 4 nitrogen and oxygen atoms in total. The number of aliphatic imine (C=N–C) groups is 1. The summed E-state index contributed by atoms with van der Waals surface area (Å²) in [5, 5.41) is 14.6. The third kappa shape index (κ3) is 5.17. The molecule has 2 N–H and O–H groups in total. The number of nitrogens with one attached hydrogen (secondary N) is 1. The van der Waals surface area contributed by atoms with Crippen molar-refractivity contribution in [1.29, 1.82) is 0 Å². The lowest BCUT2D eigenvalue weighted by atomic mass is 9.73. The number of aliphatic hydroxyl groups is 1. The second-order valence-corrected chi connectivity index (χ2v) is 11.3. The number of rotatable bonds is 6. The zero-order valence-electron chi connectivity index (χ0n) is 19.0. The molecule has 1 aromatic heterocycles. The lowest BCUT2D eigenvalue weighted by Crippen LogP contribution is -2.40. The SMILES string of the molecule is CC1=CCNc2sc(C3CCC(C)(C)CC3)cc2C(CN(CCO)C2CCCC2)=N1. The molecule has 2 aliphatic carbocycles. The third-order valence-electron chi connectivity index (χ3n) is 7.36. The molecule has 0 saturated heterocycles. The van der Waals surface area contributed by atoms with E-state index < -0.39 is 0 Å². The Hall–Kier alpha value is -1.17. The summed E-state index contributed by atoms with van der Waals surface area (Å²) in [6.07, 6.45) is 12.6. The van der Waals surface area contributed by atoms with Gasteiger partial charge in [0.2, 0.25) is 0 Å². The van der Waals surface area contributed by atoms with E-state index in [9.17, 15) is 5.11 Å². The van der Waals surface area contributed by atoms with Crippen LogP contribution in [0.5, 0.6) is 0 Å². The van der Waals surface area contributed by atoms with Gasteiger partial charge in [-0.3, -0.25) is 9.89 Å². The zero-order chi connectivity index (χ0) is 21.1. The Bertz CT molecular complexity index is 778. The molecule has 0 unspecified atom stereocenters. The minimum Gasteiger partial charge on any atom is -0.395 e. The van der Waals surface area contributed by atoms with Crippen LogP contribution in [0.25, 0.3) is 0 Å². The van der Waals surface area contributed by atoms with Gasteiger partial charge in [-0.25, -0.2) is 0 Å². The molecule has 0 aromatic carbocycles. The van der Waals surface area contributed by atoms with Crippen LogP contribution >= 0.6 is 11.3 Å². The molecule has 3 aliphatic rings. The number of nitrogens with zero attached hydrogens (tertiary/aromatic N) is 2. The van der Waals surface area contributed by atoms with Gasteiger partial charge in [0.1, 0.15) is 0 Å². The molecule has 1 aromatic rings. The topological polar surface area (TPSA) is 47.9 Å². The van der Waals surface area contributed by atoms with Gasteiger partial charge < -0.3 is 10.4 Å². The van der Waals surface area contributed by atoms with Crippen molar-refractivity contribution in [3.05, 3.63) is 28.3 Å². The Balaban J connectivity index is 1.60. The standard InChI is InChI=1S/C25H39N3OS/c1-18-10-13-26-24-21(16-23(30-24)19-8-11-25(2,3)12-9-19)22(27-18)17-28(14-15-29)20-6-4-5-7-20/h10,16,19-20,26,29H,4-9,11-15,17H2,1-3H3. The van der Waals surface area contributed by atoms with E-state index in [1.165, 1.54) is 72.5 Å². The maximum absolute atomic E-state index is 9.69. The summed E-state index contributed by atoms with van der Waals surface area (Å²) < 4.78 is 0. The lowest BCUT2D eigenvalue weighted by molar-refractivity contribution is 0.170. The van der Waals surface area contributed by atoms with Gasteiger partial charge in [0.05, 0.1) is 17.3 Å². The maximum Gasteiger partial charge on any atom is 0.0980 e. The summed E-state index contributed by atoms with van der Waals surface area (Å²) >= 11 is 1.95. The van der Waals surface area contributed by atoms with Gasteiger partial charge in [-0.05, 0) is 68.9 Å². The van der Waals surface area contributed by atoms with E-state index in [1.807, 2.05) is 11.3 Å². The molecular formula is C25H39N3OS. The van der Waals surface area contributed by atoms with Crippen LogP contribution in [0, 0.1) is 5.41 Å². The minimum absolute atomic E-state index is 0.219. The number of allylic oxidation sites excluding steroid dienone is 1. The van der Waals surface area contributed by atoms with E-state index in [2.05, 4.69) is 43.1 Å². The Morgan fingerprint density at radius 3 is 2.63 bits per heavy atom. The highest BCUT2D eigenvalue weighted by Gasteiger charge is 2.30. The van der Waals surface area contributed by atoms with Crippen molar-refractivity contribution >= 4 is 22.0 Å². The summed E-state index contributed by atoms with van der Waals surface area (Å²) in [7, 11) is 0. The normalized spacial score (nSPS) is 22.8. The van der Waals surface area contributed by atoms with Gasteiger partial charge in [-0.2, -0.15) is 0 Å². The molecular weight excluding hydrogens is 390 g/mol. The number of anilines is 1. The molecule has 1 aliphatic heterocycles. The Kier molecular flexibility index (Phi) is 7.01. The van der Waals surface area contributed by atoms with Gasteiger partial charge in [-0.15, -0.1) is 11.3 Å². The van der Waals surface area contributed by atoms with Crippen molar-refractivity contribution in [2.24, 2.45) is 10.4 Å². The van der Waals surface area contributed by atoms with Crippen LogP contribution in [0.1, 0.15) is 88.5 Å². The van der Waals surface area contributed by atoms with Crippen LogP contribution in [-0.2, 0) is 0 Å². The quantitative estimate of drug-likeness (QED) is 0.602. The predicted octanol–water partition coefficient (Wildman–Crippen LogP) is 5.79. The summed E-state index contributed by atoms with van der Waals surface area (Å²) in [6, 6.07) is 3.03. The van der Waals surface area contributed by atoms with Gasteiger partial charge in [0.25, 0.3) is 0 Å². The van der Waals surface area contributed by atoms with Crippen molar-refractivity contribution < 1.29 is 5.11 Å². The number of hydrogen-bond acceptors (Lipinski definition) is 5. The first-order valence-corrected chi connectivity index (χ1v) is 12.7. The number of hydrogen-bond donors (Lipinski definition) is 2. The highest BCUT2D eigenvalue weighted by Crippen LogP contribution is 2.46. The molecule has 0 atom stereocenters. The van der Waals surface area contributed by atoms with Gasteiger partial charge in [-0.1, -0.05) is 26.7 Å². The number of fused-ring (bicyclic) bond motifs is 1. The average molecular weight is 430 g/mol. The maximum atomic E-state index is 9.69. The fourth-order valence-electron chi connectivity index (χ4n) is 5.35. The van der Waals surface area contributed by atoms with Crippen LogP contribution in [-0.4, -0.2) is 48.0 Å². The van der Waals surface area contributed by atoms with Crippen LogP contribution in [0.3, 0.4) is 0 Å². The highest BCUT2D eigenvalue weighted by molar-refractivity contribution is 7.16. The molecule has 4 rings (SSSR count). The molecule has 2 saturated carbocycles. The summed E-state index contributed by atoms with van der Waals surface area (Å²) in [4.78, 5) is 9.08. The van der Waals surface area contributed by atoms with E-state index in [-0.39, 0.29) is 6.61 Å². The Morgan fingerprint density at radius 2 is 1.93 bits per heavy atom. The zero-order valence-corrected chi connectivity index (χ0v) is 19.9. The summed E-state index contributed by atoms with van der Waals surface area (Å²) in [5.74, 6) is 0.691. The van der Waals surface area contributed by atoms with Gasteiger partial charge >= 0.3 is 0 Å². The van der Waals surface area contributed by atoms with Crippen LogP contribution < -0.4 is 5.32 Å². The Morgan fingerprint density at radius 1 is 1.20 bits per heavy atom. The van der Waals surface area contributed by atoms with E-state index in [4.69, 9.17) is 4.99 Å². The number of thiophene rings is 1. The summed E-state index contributed by atoms with van der Waals surface area (Å²) in [6.45, 7) is 9.57. The number of aliphatic hydroxyl groups excluding tert-OH is 1. The van der Waals surface area contributed by atoms with Crippen molar-refractivity contribution in [1.82, 2.24) is 4.90 Å². The fraction of sp³-hybridized carbons (Fsp3) is 0.720. The minimum atomic E-state index is 0.219. The molecule has 5 heteroatoms. The third-order valence-corrected chi connectivity index (χ3v) is 8.61. The van der Waals surface area contributed by atoms with Crippen LogP contribution in [0.15, 0.2) is 22.8 Å². The van der Waals surface area contributed by atoms with Crippen molar-refractivity contribution in [3.8, 4) is 0 Å². The monoisotopic (exact) mass is 429 g/mol. The predicted molar refractivity (Wildman–Crippen MR) is 129 cm³/mol. The van der Waals surface area contributed by atoms with E-state index in [0.29, 0.717) is 17.4 Å². The van der Waals surface area contributed by atoms with Crippen LogP contribution in [0.4, 0.5) is 5.00 Å². The largest absolute Gasteiger partial charge is 0.395 e. The van der Waals surface area contributed by atoms with Crippen LogP contribution in [0.2, 0.25) is 0 Å². The molecule has 166 valence electrons. The smallest absolute Gasteiger partial charge is 0.0980 e. The second kappa shape index (κ2) is 9.54. The van der Waals surface area contributed by atoms with Crippen molar-refractivity contribution in [2.45, 2.75) is 84.1 Å². The molecule has 0 bridgehead atoms. The average Bonchev–Trinajstić information content (AvgIpc) is 3.36. The second-order valence-electron chi connectivity index (χ2n) is 10.2. The molecule has 2 fully saturated rings. The van der Waals surface area contributed by atoms with E-state index in [1.54, 1.807) is 0 Å². The first-order valence-electron chi connectivity index (χ1n) is 11.9. The van der Waals surface area contributed by atoms with E-state index >= 15 is 0 Å². The molecule has 0 spiro atoms. The highest BCUT2D eigenvalue weighted by atomic mass is 32.1.